The molecule has 5 aromatic rings. The number of nitrogens with zero attached hydrogens (tertiary/aromatic N) is 5. The minimum Gasteiger partial charge on any atom is -0.494 e. The average molecular weight is 674 g/mol. The van der Waals surface area contributed by atoms with Crippen molar-refractivity contribution in [1.82, 2.24) is 24.3 Å². The number of nitrogens with one attached hydrogen (secondary N) is 2. The number of rotatable bonds is 14. The highest BCUT2D eigenvalue weighted by Crippen LogP contribution is 2.51. The van der Waals surface area contributed by atoms with Crippen molar-refractivity contribution in [3.63, 3.8) is 0 Å². The molecule has 0 saturated heterocycles. The first-order valence-corrected chi connectivity index (χ1v) is 16.6. The van der Waals surface area contributed by atoms with Gasteiger partial charge in [-0.15, -0.1) is 0 Å². The van der Waals surface area contributed by atoms with Gasteiger partial charge in [0.2, 0.25) is 11.8 Å². The second kappa shape index (κ2) is 14.1. The summed E-state index contributed by atoms with van der Waals surface area (Å²) >= 11 is 0. The van der Waals surface area contributed by atoms with E-state index in [-0.39, 0.29) is 43.5 Å². The van der Waals surface area contributed by atoms with Gasteiger partial charge in [0.1, 0.15) is 11.4 Å². The lowest BCUT2D eigenvalue weighted by molar-refractivity contribution is -0.137. The molecule has 0 aliphatic carbocycles. The average Bonchev–Trinajstić information content (AvgIpc) is 3.61. The standard InChI is InChI=1S/C31H35F3N7O5P/c1-4-45-47(44,46-5-2)19-20-7-9-22(10-8-20)37-30-35-16-25(31(32,33)34)28(39-30)38-26-12-11-23(24-18-40(3)29(43)27(24)26)21-15-36-41(17-21)13-6-14-42/h7-12,15-18,42-43H,4-6,13-14,19H2,1-3H3,(H2,35,37,38,39). The first-order valence-electron chi connectivity index (χ1n) is 14.8. The summed E-state index contributed by atoms with van der Waals surface area (Å²) in [6, 6.07) is 10.00. The van der Waals surface area contributed by atoms with Crippen LogP contribution >= 0.6 is 7.60 Å². The van der Waals surface area contributed by atoms with Gasteiger partial charge in [-0.3, -0.25) is 9.25 Å². The van der Waals surface area contributed by atoms with Crippen LogP contribution in [0.1, 0.15) is 31.4 Å². The van der Waals surface area contributed by atoms with Crippen LogP contribution in [0.2, 0.25) is 0 Å². The molecule has 0 radical (unpaired) electrons. The molecule has 250 valence electrons. The lowest BCUT2D eigenvalue weighted by atomic mass is 10.0. The molecule has 12 nitrogen and oxygen atoms in total. The number of aliphatic hydroxyl groups is 1. The zero-order chi connectivity index (χ0) is 33.8. The van der Waals surface area contributed by atoms with Gasteiger partial charge >= 0.3 is 13.8 Å². The van der Waals surface area contributed by atoms with Crippen molar-refractivity contribution < 1.29 is 37.0 Å². The summed E-state index contributed by atoms with van der Waals surface area (Å²) in [6.45, 7) is 4.45. The number of alkyl halides is 3. The third kappa shape index (κ3) is 7.76. The van der Waals surface area contributed by atoms with E-state index >= 15 is 0 Å². The van der Waals surface area contributed by atoms with Crippen LogP contribution in [0, 0.1) is 0 Å². The van der Waals surface area contributed by atoms with Gasteiger partial charge in [0, 0.05) is 55.4 Å². The van der Waals surface area contributed by atoms with E-state index in [4.69, 9.17) is 14.2 Å². The van der Waals surface area contributed by atoms with Crippen molar-refractivity contribution in [2.45, 2.75) is 39.2 Å². The zero-order valence-electron chi connectivity index (χ0n) is 26.0. The highest BCUT2D eigenvalue weighted by Gasteiger charge is 2.36. The van der Waals surface area contributed by atoms with E-state index in [2.05, 4.69) is 25.7 Å². The minimum atomic E-state index is -4.78. The molecule has 4 N–H and O–H groups in total. The number of benzene rings is 2. The van der Waals surface area contributed by atoms with Crippen LogP contribution in [0.5, 0.6) is 5.88 Å². The van der Waals surface area contributed by atoms with Crippen molar-refractivity contribution in [1.29, 1.82) is 0 Å². The maximum Gasteiger partial charge on any atom is 0.421 e. The first-order chi connectivity index (χ1) is 22.4. The van der Waals surface area contributed by atoms with Gasteiger partial charge < -0.3 is 34.5 Å². The smallest absolute Gasteiger partial charge is 0.421 e. The van der Waals surface area contributed by atoms with Gasteiger partial charge in [-0.1, -0.05) is 18.2 Å². The minimum absolute atomic E-state index is 0.0207. The SMILES string of the molecule is CCOP(=O)(Cc1ccc(Nc2ncc(C(F)(F)F)c(Nc3ccc(-c4cnn(CCCO)c4)c4cn(C)c(O)c34)n2)cc1)OCC. The zero-order valence-corrected chi connectivity index (χ0v) is 26.8. The van der Waals surface area contributed by atoms with Crippen molar-refractivity contribution in [2.75, 3.05) is 30.5 Å². The molecular formula is C31H35F3N7O5P. The van der Waals surface area contributed by atoms with E-state index in [0.717, 1.165) is 5.56 Å². The van der Waals surface area contributed by atoms with E-state index in [1.165, 1.54) is 4.57 Å². The summed E-state index contributed by atoms with van der Waals surface area (Å²) < 4.78 is 69.1. The van der Waals surface area contributed by atoms with Crippen LogP contribution in [0.3, 0.4) is 0 Å². The largest absolute Gasteiger partial charge is 0.494 e. The van der Waals surface area contributed by atoms with Gasteiger partial charge in [0.15, 0.2) is 0 Å². The van der Waals surface area contributed by atoms with Crippen LogP contribution in [-0.4, -0.2) is 54.3 Å². The Labute approximate surface area is 268 Å². The molecule has 0 aliphatic heterocycles. The second-order valence-corrected chi connectivity index (χ2v) is 12.6. The Bertz CT molecular complexity index is 1880. The third-order valence-corrected chi connectivity index (χ3v) is 9.26. The molecule has 0 saturated carbocycles. The topological polar surface area (TPSA) is 149 Å². The third-order valence-electron chi connectivity index (χ3n) is 7.20. The highest BCUT2D eigenvalue weighted by atomic mass is 31.2. The monoisotopic (exact) mass is 673 g/mol. The van der Waals surface area contributed by atoms with E-state index in [9.17, 15) is 22.8 Å². The number of hydrogen-bond donors (Lipinski definition) is 4. The van der Waals surface area contributed by atoms with Crippen molar-refractivity contribution in [2.24, 2.45) is 7.05 Å². The van der Waals surface area contributed by atoms with E-state index in [1.54, 1.807) is 80.6 Å². The molecule has 2 aromatic carbocycles. The summed E-state index contributed by atoms with van der Waals surface area (Å²) in [4.78, 5) is 8.05. The number of aryl methyl sites for hydroxylation is 2. The molecule has 0 atom stereocenters. The van der Waals surface area contributed by atoms with Gasteiger partial charge in [-0.2, -0.15) is 23.3 Å². The van der Waals surface area contributed by atoms with E-state index in [1.807, 2.05) is 0 Å². The first kappa shape index (κ1) is 33.9. The Hall–Kier alpha value is -4.43. The van der Waals surface area contributed by atoms with Gasteiger partial charge in [0.05, 0.1) is 36.6 Å². The lowest BCUT2D eigenvalue weighted by Crippen LogP contribution is -2.12. The molecule has 0 unspecified atom stereocenters. The number of hydrogen-bond acceptors (Lipinski definition) is 10. The van der Waals surface area contributed by atoms with Gasteiger partial charge in [-0.25, -0.2) is 4.98 Å². The summed E-state index contributed by atoms with van der Waals surface area (Å²) in [5.74, 6) is -0.783. The molecule has 0 bridgehead atoms. The molecule has 0 aliphatic rings. The van der Waals surface area contributed by atoms with Gasteiger partial charge in [-0.05, 0) is 49.6 Å². The van der Waals surface area contributed by atoms with E-state index < -0.39 is 25.2 Å². The molecule has 0 fully saturated rings. The fourth-order valence-corrected chi connectivity index (χ4v) is 6.78. The molecular weight excluding hydrogens is 638 g/mol. The number of aromatic nitrogens is 5. The molecule has 0 spiro atoms. The summed E-state index contributed by atoms with van der Waals surface area (Å²) in [5.41, 5.74) is 1.71. The maximum atomic E-state index is 14.1. The summed E-state index contributed by atoms with van der Waals surface area (Å²) in [6.07, 6.45) is 1.62. The molecule has 5 rings (SSSR count). The van der Waals surface area contributed by atoms with Crippen LogP contribution in [0.25, 0.3) is 21.9 Å². The normalized spacial score (nSPS) is 12.1. The van der Waals surface area contributed by atoms with Crippen LogP contribution in [-0.2, 0) is 39.5 Å². The maximum absolute atomic E-state index is 14.1. The Morgan fingerprint density at radius 1 is 1.00 bits per heavy atom. The molecule has 47 heavy (non-hydrogen) atoms. The van der Waals surface area contributed by atoms with Crippen LogP contribution in [0.15, 0.2) is 61.2 Å². The Balaban J connectivity index is 1.45. The van der Waals surface area contributed by atoms with Crippen LogP contribution < -0.4 is 10.6 Å². The summed E-state index contributed by atoms with van der Waals surface area (Å²) in [5, 5.41) is 31.0. The molecule has 16 heteroatoms. The highest BCUT2D eigenvalue weighted by molar-refractivity contribution is 7.53. The Morgan fingerprint density at radius 2 is 1.72 bits per heavy atom. The fourth-order valence-electron chi connectivity index (χ4n) is 5.08. The second-order valence-electron chi connectivity index (χ2n) is 10.6. The van der Waals surface area contributed by atoms with E-state index in [0.29, 0.717) is 46.7 Å². The molecule has 3 aromatic heterocycles. The fraction of sp³-hybridized carbons (Fsp3) is 0.323. The number of fused-ring (bicyclic) bond motifs is 1. The molecule has 3 heterocycles. The molecule has 0 amide bonds. The summed E-state index contributed by atoms with van der Waals surface area (Å²) in [7, 11) is -1.70. The predicted molar refractivity (Wildman–Crippen MR) is 172 cm³/mol. The Morgan fingerprint density at radius 3 is 2.38 bits per heavy atom. The number of aromatic hydroxyl groups is 1. The van der Waals surface area contributed by atoms with Crippen LogP contribution in [0.4, 0.5) is 36.3 Å². The van der Waals surface area contributed by atoms with Gasteiger partial charge in [0.25, 0.3) is 0 Å². The number of aliphatic hydroxyl groups excluding tert-OH is 1. The number of halogens is 3. The van der Waals surface area contributed by atoms with Crippen molar-refractivity contribution >= 4 is 41.5 Å². The van der Waals surface area contributed by atoms with Crippen molar-refractivity contribution in [3.8, 4) is 17.0 Å². The predicted octanol–water partition coefficient (Wildman–Crippen LogP) is 7.19. The quantitative estimate of drug-likeness (QED) is 0.0893. The number of anilines is 4. The Kier molecular flexibility index (Phi) is 10.2. The van der Waals surface area contributed by atoms with Crippen molar-refractivity contribution in [3.05, 3.63) is 72.3 Å². The lowest BCUT2D eigenvalue weighted by Gasteiger charge is -2.17.